The highest BCUT2D eigenvalue weighted by Crippen LogP contribution is 2.32. The van der Waals surface area contributed by atoms with Crippen LogP contribution in [0.5, 0.6) is 11.5 Å². The van der Waals surface area contributed by atoms with Crippen molar-refractivity contribution < 1.29 is 27.4 Å². The van der Waals surface area contributed by atoms with Gasteiger partial charge in [0.2, 0.25) is 10.0 Å². The normalized spacial score (nSPS) is 15.5. The van der Waals surface area contributed by atoms with Gasteiger partial charge in [-0.2, -0.15) is 4.72 Å². The Labute approximate surface area is 116 Å². The molecule has 2 rings (SSSR count). The topological polar surface area (TPSA) is 90.9 Å². The molecule has 1 unspecified atom stereocenters. The lowest BCUT2D eigenvalue weighted by molar-refractivity contribution is -0.142. The first-order chi connectivity index (χ1) is 9.44. The smallest absolute Gasteiger partial charge is 0.323 e. The van der Waals surface area contributed by atoms with Gasteiger partial charge in [-0.1, -0.05) is 0 Å². The number of sulfonamides is 1. The molecule has 0 bridgehead atoms. The van der Waals surface area contributed by atoms with E-state index in [1.54, 1.807) is 0 Å². The largest absolute Gasteiger partial charge is 0.486 e. The molecule has 0 radical (unpaired) electrons. The van der Waals surface area contributed by atoms with Crippen molar-refractivity contribution in [3.8, 4) is 11.5 Å². The lowest BCUT2D eigenvalue weighted by Crippen LogP contribution is -2.39. The van der Waals surface area contributed by atoms with Crippen molar-refractivity contribution >= 4 is 16.0 Å². The third kappa shape index (κ3) is 3.02. The summed E-state index contributed by atoms with van der Waals surface area (Å²) in [6.07, 6.45) is 0. The third-order valence-corrected chi connectivity index (χ3v) is 4.25. The number of carbonyl (C=O) groups is 1. The van der Waals surface area contributed by atoms with E-state index >= 15 is 0 Å². The Bertz CT molecular complexity index is 612. The summed E-state index contributed by atoms with van der Waals surface area (Å²) in [5.41, 5.74) is 0. The summed E-state index contributed by atoms with van der Waals surface area (Å²) in [5.74, 6) is 0.201. The van der Waals surface area contributed by atoms with Gasteiger partial charge in [0.05, 0.1) is 12.0 Å². The van der Waals surface area contributed by atoms with Crippen LogP contribution in [0.3, 0.4) is 0 Å². The van der Waals surface area contributed by atoms with Crippen molar-refractivity contribution in [3.63, 3.8) is 0 Å². The molecule has 1 aromatic rings. The van der Waals surface area contributed by atoms with E-state index in [9.17, 15) is 13.2 Å². The number of hydrogen-bond acceptors (Lipinski definition) is 6. The number of carbonyl (C=O) groups excluding carboxylic acids is 1. The van der Waals surface area contributed by atoms with E-state index in [4.69, 9.17) is 9.47 Å². The van der Waals surface area contributed by atoms with E-state index in [0.29, 0.717) is 24.7 Å². The van der Waals surface area contributed by atoms with E-state index in [-0.39, 0.29) is 4.90 Å². The summed E-state index contributed by atoms with van der Waals surface area (Å²) in [7, 11) is -2.64. The van der Waals surface area contributed by atoms with Crippen molar-refractivity contribution in [2.24, 2.45) is 0 Å². The van der Waals surface area contributed by atoms with Gasteiger partial charge >= 0.3 is 5.97 Å². The number of benzene rings is 1. The van der Waals surface area contributed by atoms with Crippen molar-refractivity contribution in [2.45, 2.75) is 17.9 Å². The van der Waals surface area contributed by atoms with E-state index < -0.39 is 22.0 Å². The quantitative estimate of drug-likeness (QED) is 0.804. The molecule has 0 spiro atoms. The summed E-state index contributed by atoms with van der Waals surface area (Å²) in [5, 5.41) is 0. The summed E-state index contributed by atoms with van der Waals surface area (Å²) < 4.78 is 41.6. The van der Waals surface area contributed by atoms with Crippen LogP contribution in [0.2, 0.25) is 0 Å². The summed E-state index contributed by atoms with van der Waals surface area (Å²) >= 11 is 0. The van der Waals surface area contributed by atoms with Gasteiger partial charge in [-0.25, -0.2) is 8.42 Å². The fourth-order valence-corrected chi connectivity index (χ4v) is 2.92. The van der Waals surface area contributed by atoms with Crippen molar-refractivity contribution in [1.82, 2.24) is 4.72 Å². The molecular formula is C12H15NO6S. The Morgan fingerprint density at radius 1 is 1.30 bits per heavy atom. The minimum absolute atomic E-state index is 0.00231. The molecular weight excluding hydrogens is 286 g/mol. The molecule has 0 amide bonds. The second-order valence-electron chi connectivity index (χ2n) is 4.17. The van der Waals surface area contributed by atoms with Gasteiger partial charge in [0.25, 0.3) is 0 Å². The average molecular weight is 301 g/mol. The molecule has 20 heavy (non-hydrogen) atoms. The van der Waals surface area contributed by atoms with Gasteiger partial charge in [-0.3, -0.25) is 4.79 Å². The number of fused-ring (bicyclic) bond motifs is 1. The predicted molar refractivity (Wildman–Crippen MR) is 69.2 cm³/mol. The first kappa shape index (κ1) is 14.6. The molecule has 1 aliphatic heterocycles. The van der Waals surface area contributed by atoms with Crippen LogP contribution in [0.15, 0.2) is 23.1 Å². The van der Waals surface area contributed by atoms with Gasteiger partial charge in [-0.15, -0.1) is 0 Å². The number of ether oxygens (including phenoxy) is 3. The van der Waals surface area contributed by atoms with Crippen LogP contribution in [0.4, 0.5) is 0 Å². The molecule has 0 saturated heterocycles. The van der Waals surface area contributed by atoms with E-state index in [0.717, 1.165) is 0 Å². The predicted octanol–water partition coefficient (Wildman–Crippen LogP) is 0.298. The van der Waals surface area contributed by atoms with Crippen molar-refractivity contribution in [2.75, 3.05) is 20.3 Å². The molecule has 0 aromatic heterocycles. The standard InChI is InChI=1S/C12H15NO6S/c1-8(12(14)17-2)13-20(15,16)9-3-4-10-11(7-9)19-6-5-18-10/h3-4,7-8,13H,5-6H2,1-2H3. The Morgan fingerprint density at radius 2 is 1.95 bits per heavy atom. The number of nitrogens with one attached hydrogen (secondary N) is 1. The molecule has 7 nitrogen and oxygen atoms in total. The second kappa shape index (κ2) is 5.68. The Kier molecular flexibility index (Phi) is 4.15. The monoisotopic (exact) mass is 301 g/mol. The maximum atomic E-state index is 12.1. The van der Waals surface area contributed by atoms with E-state index in [1.165, 1.54) is 32.2 Å². The first-order valence-electron chi connectivity index (χ1n) is 5.94. The molecule has 0 saturated carbocycles. The van der Waals surface area contributed by atoms with E-state index in [1.807, 2.05) is 0 Å². The minimum Gasteiger partial charge on any atom is -0.486 e. The molecule has 1 heterocycles. The Balaban J connectivity index is 2.23. The van der Waals surface area contributed by atoms with Crippen LogP contribution >= 0.6 is 0 Å². The van der Waals surface area contributed by atoms with Crippen LogP contribution in [0, 0.1) is 0 Å². The molecule has 8 heteroatoms. The zero-order valence-electron chi connectivity index (χ0n) is 11.1. The fourth-order valence-electron chi connectivity index (χ4n) is 1.72. The highest BCUT2D eigenvalue weighted by atomic mass is 32.2. The van der Waals surface area contributed by atoms with E-state index in [2.05, 4.69) is 9.46 Å². The number of methoxy groups -OCH3 is 1. The van der Waals surface area contributed by atoms with Crippen molar-refractivity contribution in [1.29, 1.82) is 0 Å². The van der Waals surface area contributed by atoms with Crippen LogP contribution in [0.1, 0.15) is 6.92 Å². The Morgan fingerprint density at radius 3 is 2.60 bits per heavy atom. The minimum atomic E-state index is -3.83. The third-order valence-electron chi connectivity index (χ3n) is 2.71. The highest BCUT2D eigenvalue weighted by Gasteiger charge is 2.24. The molecule has 1 aliphatic rings. The van der Waals surface area contributed by atoms with Crippen LogP contribution in [-0.4, -0.2) is 40.8 Å². The zero-order chi connectivity index (χ0) is 14.8. The maximum Gasteiger partial charge on any atom is 0.323 e. The first-order valence-corrected chi connectivity index (χ1v) is 7.42. The zero-order valence-corrected chi connectivity index (χ0v) is 11.9. The highest BCUT2D eigenvalue weighted by molar-refractivity contribution is 7.89. The maximum absolute atomic E-state index is 12.1. The summed E-state index contributed by atoms with van der Waals surface area (Å²) in [6, 6.07) is 3.30. The molecule has 1 aromatic carbocycles. The number of hydrogen-bond donors (Lipinski definition) is 1. The van der Waals surface area contributed by atoms with Crippen LogP contribution < -0.4 is 14.2 Å². The SMILES string of the molecule is COC(=O)C(C)NS(=O)(=O)c1ccc2c(c1)OCCO2. The Hall–Kier alpha value is -1.80. The molecule has 110 valence electrons. The lowest BCUT2D eigenvalue weighted by atomic mass is 10.3. The lowest BCUT2D eigenvalue weighted by Gasteiger charge is -2.19. The van der Waals surface area contributed by atoms with Gasteiger partial charge in [0, 0.05) is 6.07 Å². The number of rotatable bonds is 4. The van der Waals surface area contributed by atoms with Crippen LogP contribution in [0.25, 0.3) is 0 Å². The van der Waals surface area contributed by atoms with Gasteiger partial charge in [0.15, 0.2) is 11.5 Å². The second-order valence-corrected chi connectivity index (χ2v) is 5.89. The average Bonchev–Trinajstić information content (AvgIpc) is 2.45. The molecule has 0 aliphatic carbocycles. The van der Waals surface area contributed by atoms with Gasteiger partial charge in [0.1, 0.15) is 19.3 Å². The molecule has 0 fully saturated rings. The molecule has 1 atom stereocenters. The van der Waals surface area contributed by atoms with Crippen molar-refractivity contribution in [3.05, 3.63) is 18.2 Å². The summed E-state index contributed by atoms with van der Waals surface area (Å²) in [4.78, 5) is 11.3. The number of esters is 1. The summed E-state index contributed by atoms with van der Waals surface area (Å²) in [6.45, 7) is 2.20. The molecule has 1 N–H and O–H groups in total. The fraction of sp³-hybridized carbons (Fsp3) is 0.417. The van der Waals surface area contributed by atoms with Crippen LogP contribution in [-0.2, 0) is 19.6 Å². The van der Waals surface area contributed by atoms with Gasteiger partial charge in [-0.05, 0) is 19.1 Å². The van der Waals surface area contributed by atoms with Gasteiger partial charge < -0.3 is 14.2 Å².